The number of nitrogens with one attached hydrogen (secondary N) is 1. The van der Waals surface area contributed by atoms with Crippen LogP contribution in [0.1, 0.15) is 57.0 Å². The van der Waals surface area contributed by atoms with Crippen molar-refractivity contribution in [3.05, 3.63) is 29.6 Å². The maximum atomic E-state index is 12.1. The minimum atomic E-state index is 0.210. The predicted molar refractivity (Wildman–Crippen MR) is 88.7 cm³/mol. The van der Waals surface area contributed by atoms with E-state index in [1.165, 1.54) is 18.4 Å². The highest BCUT2D eigenvalue weighted by molar-refractivity contribution is 5.79. The number of carbonyl (C=O) groups excluding carboxylic acids is 1. The number of nitrogens with zero attached hydrogens (tertiary/aromatic N) is 2. The summed E-state index contributed by atoms with van der Waals surface area (Å²) < 4.78 is 2.25. The van der Waals surface area contributed by atoms with Crippen molar-refractivity contribution in [3.8, 4) is 0 Å². The molecule has 0 spiro atoms. The van der Waals surface area contributed by atoms with Gasteiger partial charge in [-0.2, -0.15) is 0 Å². The lowest BCUT2D eigenvalue weighted by Crippen LogP contribution is -2.28. The lowest BCUT2D eigenvalue weighted by atomic mass is 10.1. The summed E-state index contributed by atoms with van der Waals surface area (Å²) in [5.41, 5.74) is 3.30. The standard InChI is InChI=1S/C18H25N3O/c1-12(2)21-13(3)20-16-10-14(8-9-17(16)21)11-19-18(22)15-6-4-5-7-15/h8-10,12,15H,4-7,11H2,1-3H3,(H,19,22). The number of hydrogen-bond donors (Lipinski definition) is 1. The van der Waals surface area contributed by atoms with Gasteiger partial charge < -0.3 is 9.88 Å². The molecule has 1 aliphatic rings. The number of aryl methyl sites for hydroxylation is 1. The molecule has 0 bridgehead atoms. The second-order valence-corrected chi connectivity index (χ2v) is 6.65. The number of benzene rings is 1. The van der Waals surface area contributed by atoms with Crippen molar-refractivity contribution in [1.82, 2.24) is 14.9 Å². The molecule has 0 radical (unpaired) electrons. The molecule has 1 aromatic carbocycles. The van der Waals surface area contributed by atoms with Crippen LogP contribution in [0.5, 0.6) is 0 Å². The number of carbonyl (C=O) groups is 1. The minimum Gasteiger partial charge on any atom is -0.352 e. The minimum absolute atomic E-state index is 0.210. The molecule has 0 unspecified atom stereocenters. The van der Waals surface area contributed by atoms with Gasteiger partial charge in [-0.3, -0.25) is 4.79 Å². The number of imidazole rings is 1. The van der Waals surface area contributed by atoms with Crippen molar-refractivity contribution >= 4 is 16.9 Å². The summed E-state index contributed by atoms with van der Waals surface area (Å²) in [7, 11) is 0. The molecular weight excluding hydrogens is 274 g/mol. The van der Waals surface area contributed by atoms with Crippen LogP contribution in [0, 0.1) is 12.8 Å². The summed E-state index contributed by atoms with van der Waals surface area (Å²) in [4.78, 5) is 16.7. The Morgan fingerprint density at radius 1 is 1.36 bits per heavy atom. The number of amides is 1. The zero-order valence-corrected chi connectivity index (χ0v) is 13.7. The Morgan fingerprint density at radius 2 is 2.09 bits per heavy atom. The molecule has 22 heavy (non-hydrogen) atoms. The summed E-state index contributed by atoms with van der Waals surface area (Å²) in [6.07, 6.45) is 4.47. The van der Waals surface area contributed by atoms with Crippen LogP contribution in [0.4, 0.5) is 0 Å². The summed E-state index contributed by atoms with van der Waals surface area (Å²) in [6, 6.07) is 6.71. The molecule has 1 aromatic heterocycles. The molecule has 1 aliphatic carbocycles. The van der Waals surface area contributed by atoms with E-state index >= 15 is 0 Å². The summed E-state index contributed by atoms with van der Waals surface area (Å²) in [5.74, 6) is 1.48. The highest BCUT2D eigenvalue weighted by Gasteiger charge is 2.22. The number of fused-ring (bicyclic) bond motifs is 1. The van der Waals surface area contributed by atoms with Gasteiger partial charge in [-0.1, -0.05) is 18.9 Å². The quantitative estimate of drug-likeness (QED) is 0.935. The topological polar surface area (TPSA) is 46.9 Å². The van der Waals surface area contributed by atoms with Crippen molar-refractivity contribution < 1.29 is 4.79 Å². The Hall–Kier alpha value is -1.84. The highest BCUT2D eigenvalue weighted by atomic mass is 16.1. The fourth-order valence-corrected chi connectivity index (χ4v) is 3.55. The van der Waals surface area contributed by atoms with Crippen LogP contribution in [-0.2, 0) is 11.3 Å². The van der Waals surface area contributed by atoms with E-state index in [2.05, 4.69) is 46.9 Å². The first kappa shape index (κ1) is 15.1. The van der Waals surface area contributed by atoms with Crippen LogP contribution in [0.25, 0.3) is 11.0 Å². The van der Waals surface area contributed by atoms with E-state index in [1.54, 1.807) is 0 Å². The molecule has 1 fully saturated rings. The normalized spacial score (nSPS) is 15.8. The zero-order valence-electron chi connectivity index (χ0n) is 13.7. The highest BCUT2D eigenvalue weighted by Crippen LogP contribution is 2.25. The third-order valence-corrected chi connectivity index (χ3v) is 4.64. The number of hydrogen-bond acceptors (Lipinski definition) is 2. The molecule has 0 aliphatic heterocycles. The molecule has 4 nitrogen and oxygen atoms in total. The molecule has 4 heteroatoms. The fourth-order valence-electron chi connectivity index (χ4n) is 3.55. The Morgan fingerprint density at radius 3 is 2.77 bits per heavy atom. The molecule has 0 atom stereocenters. The second-order valence-electron chi connectivity index (χ2n) is 6.65. The first-order valence-electron chi connectivity index (χ1n) is 8.31. The van der Waals surface area contributed by atoms with Gasteiger partial charge >= 0.3 is 0 Å². The molecular formula is C18H25N3O. The molecule has 1 saturated carbocycles. The molecule has 1 N–H and O–H groups in total. The third kappa shape index (κ3) is 2.87. The van der Waals surface area contributed by atoms with Gasteiger partial charge in [0.1, 0.15) is 5.82 Å². The summed E-state index contributed by atoms with van der Waals surface area (Å²) in [5, 5.41) is 3.08. The second kappa shape index (κ2) is 6.11. The van der Waals surface area contributed by atoms with Gasteiger partial charge in [0.2, 0.25) is 5.91 Å². The summed E-state index contributed by atoms with van der Waals surface area (Å²) in [6.45, 7) is 6.98. The third-order valence-electron chi connectivity index (χ3n) is 4.64. The van der Waals surface area contributed by atoms with Gasteiger partial charge in [0.05, 0.1) is 11.0 Å². The maximum absolute atomic E-state index is 12.1. The van der Waals surface area contributed by atoms with E-state index in [1.807, 2.05) is 6.92 Å². The smallest absolute Gasteiger partial charge is 0.223 e. The van der Waals surface area contributed by atoms with E-state index in [0.29, 0.717) is 12.6 Å². The van der Waals surface area contributed by atoms with Crippen molar-refractivity contribution in [2.75, 3.05) is 0 Å². The van der Waals surface area contributed by atoms with Crippen LogP contribution in [0.2, 0.25) is 0 Å². The fraction of sp³-hybridized carbons (Fsp3) is 0.556. The van der Waals surface area contributed by atoms with Gasteiger partial charge in [0.25, 0.3) is 0 Å². The van der Waals surface area contributed by atoms with Gasteiger partial charge in [-0.25, -0.2) is 4.98 Å². The average Bonchev–Trinajstić information content (AvgIpc) is 3.10. The van der Waals surface area contributed by atoms with Gasteiger partial charge in [-0.05, 0) is 51.3 Å². The summed E-state index contributed by atoms with van der Waals surface area (Å²) >= 11 is 0. The first-order chi connectivity index (χ1) is 10.6. The van der Waals surface area contributed by atoms with Crippen LogP contribution in [0.3, 0.4) is 0 Å². The Kier molecular flexibility index (Phi) is 4.19. The van der Waals surface area contributed by atoms with Crippen LogP contribution in [-0.4, -0.2) is 15.5 Å². The van der Waals surface area contributed by atoms with E-state index in [4.69, 9.17) is 0 Å². The predicted octanol–water partition coefficient (Wildman–Crippen LogP) is 3.73. The molecule has 0 saturated heterocycles. The van der Waals surface area contributed by atoms with E-state index in [0.717, 1.165) is 29.7 Å². The van der Waals surface area contributed by atoms with Crippen LogP contribution in [0.15, 0.2) is 18.2 Å². The average molecular weight is 299 g/mol. The zero-order chi connectivity index (χ0) is 15.7. The van der Waals surface area contributed by atoms with Crippen molar-refractivity contribution in [3.63, 3.8) is 0 Å². The van der Waals surface area contributed by atoms with E-state index in [9.17, 15) is 4.79 Å². The molecule has 2 aromatic rings. The largest absolute Gasteiger partial charge is 0.352 e. The molecule has 118 valence electrons. The molecule has 1 amide bonds. The van der Waals surface area contributed by atoms with Crippen molar-refractivity contribution in [2.24, 2.45) is 5.92 Å². The van der Waals surface area contributed by atoms with Crippen molar-refractivity contribution in [2.45, 2.75) is 59.0 Å². The Labute approximate surface area is 131 Å². The monoisotopic (exact) mass is 299 g/mol. The lowest BCUT2D eigenvalue weighted by Gasteiger charge is -2.12. The SMILES string of the molecule is Cc1nc2cc(CNC(=O)C3CCCC3)ccc2n1C(C)C. The van der Waals surface area contributed by atoms with Gasteiger partial charge in [0.15, 0.2) is 0 Å². The van der Waals surface area contributed by atoms with E-state index in [-0.39, 0.29) is 11.8 Å². The lowest BCUT2D eigenvalue weighted by molar-refractivity contribution is -0.124. The molecule has 3 rings (SSSR count). The number of rotatable bonds is 4. The van der Waals surface area contributed by atoms with Crippen LogP contribution >= 0.6 is 0 Å². The Bertz CT molecular complexity index is 681. The number of aromatic nitrogens is 2. The Balaban J connectivity index is 1.73. The van der Waals surface area contributed by atoms with Crippen LogP contribution < -0.4 is 5.32 Å². The maximum Gasteiger partial charge on any atom is 0.223 e. The van der Waals surface area contributed by atoms with E-state index < -0.39 is 0 Å². The first-order valence-corrected chi connectivity index (χ1v) is 8.31. The van der Waals surface area contributed by atoms with Gasteiger partial charge in [-0.15, -0.1) is 0 Å². The molecule has 1 heterocycles. The van der Waals surface area contributed by atoms with Gasteiger partial charge in [0, 0.05) is 18.5 Å². The van der Waals surface area contributed by atoms with Crippen molar-refractivity contribution in [1.29, 1.82) is 0 Å².